The number of aromatic amines is 1. The number of nitrogens with zero attached hydrogens (tertiary/aromatic N) is 1. The van der Waals surface area contributed by atoms with Gasteiger partial charge in [0.05, 0.1) is 0 Å². The number of hydrogen-bond donors (Lipinski definition) is 1. The number of aryl methyl sites for hydroxylation is 2. The monoisotopic (exact) mass is 254 g/mol. The van der Waals surface area contributed by atoms with E-state index < -0.39 is 0 Å². The standard InChI is InChI=1S/C12H12Cl2N2/c13-10-5-4-9(11(14)8-10)2-1-3-12-15-6-7-16-12/h4-8H,1-3H2,(H,15,16). The quantitative estimate of drug-likeness (QED) is 0.882. The zero-order valence-corrected chi connectivity index (χ0v) is 10.2. The molecule has 0 aliphatic rings. The Bertz CT molecular complexity index is 452. The van der Waals surface area contributed by atoms with E-state index >= 15 is 0 Å². The van der Waals surface area contributed by atoms with Gasteiger partial charge in [0.2, 0.25) is 0 Å². The van der Waals surface area contributed by atoms with Crippen molar-refractivity contribution >= 4 is 23.2 Å². The number of imidazole rings is 1. The summed E-state index contributed by atoms with van der Waals surface area (Å²) in [4.78, 5) is 7.26. The molecule has 1 N–H and O–H groups in total. The smallest absolute Gasteiger partial charge is 0.106 e. The number of rotatable bonds is 4. The molecule has 0 spiro atoms. The predicted octanol–water partition coefficient (Wildman–Crippen LogP) is 3.89. The molecule has 0 aliphatic carbocycles. The van der Waals surface area contributed by atoms with Crippen LogP contribution in [-0.2, 0) is 12.8 Å². The Morgan fingerprint density at radius 1 is 1.19 bits per heavy atom. The van der Waals surface area contributed by atoms with Crippen molar-refractivity contribution in [3.05, 3.63) is 52.0 Å². The summed E-state index contributed by atoms with van der Waals surface area (Å²) < 4.78 is 0. The lowest BCUT2D eigenvalue weighted by molar-refractivity contribution is 0.783. The van der Waals surface area contributed by atoms with E-state index in [1.54, 1.807) is 12.3 Å². The van der Waals surface area contributed by atoms with E-state index in [4.69, 9.17) is 23.2 Å². The molecule has 1 aromatic heterocycles. The number of H-pyrrole nitrogens is 1. The Morgan fingerprint density at radius 3 is 2.75 bits per heavy atom. The molecule has 2 rings (SSSR count). The summed E-state index contributed by atoms with van der Waals surface area (Å²) in [6, 6.07) is 5.63. The Kier molecular flexibility index (Phi) is 3.86. The highest BCUT2D eigenvalue weighted by molar-refractivity contribution is 6.35. The van der Waals surface area contributed by atoms with Gasteiger partial charge in [-0.25, -0.2) is 4.98 Å². The van der Waals surface area contributed by atoms with Crippen molar-refractivity contribution < 1.29 is 0 Å². The first-order chi connectivity index (χ1) is 7.75. The third-order valence-electron chi connectivity index (χ3n) is 2.43. The molecule has 0 saturated carbocycles. The molecule has 0 bridgehead atoms. The van der Waals surface area contributed by atoms with Crippen LogP contribution in [0.15, 0.2) is 30.6 Å². The predicted molar refractivity (Wildman–Crippen MR) is 67.1 cm³/mol. The maximum absolute atomic E-state index is 6.08. The second kappa shape index (κ2) is 5.37. The minimum Gasteiger partial charge on any atom is -0.349 e. The van der Waals surface area contributed by atoms with Gasteiger partial charge in [0.25, 0.3) is 0 Å². The molecule has 2 nitrogen and oxygen atoms in total. The van der Waals surface area contributed by atoms with E-state index in [9.17, 15) is 0 Å². The van der Waals surface area contributed by atoms with Crippen LogP contribution in [0.4, 0.5) is 0 Å². The number of nitrogens with one attached hydrogen (secondary N) is 1. The van der Waals surface area contributed by atoms with Gasteiger partial charge in [-0.2, -0.15) is 0 Å². The van der Waals surface area contributed by atoms with E-state index in [0.717, 1.165) is 35.7 Å². The highest BCUT2D eigenvalue weighted by atomic mass is 35.5. The average molecular weight is 255 g/mol. The van der Waals surface area contributed by atoms with Crippen molar-refractivity contribution in [2.45, 2.75) is 19.3 Å². The second-order valence-corrected chi connectivity index (χ2v) is 4.47. The molecular weight excluding hydrogens is 243 g/mol. The van der Waals surface area contributed by atoms with Crippen LogP contribution in [0, 0.1) is 0 Å². The van der Waals surface area contributed by atoms with Crippen molar-refractivity contribution in [2.75, 3.05) is 0 Å². The van der Waals surface area contributed by atoms with Crippen molar-refractivity contribution in [1.82, 2.24) is 9.97 Å². The molecule has 1 aromatic carbocycles. The minimum absolute atomic E-state index is 0.680. The number of hydrogen-bond acceptors (Lipinski definition) is 1. The van der Waals surface area contributed by atoms with Gasteiger partial charge in [0, 0.05) is 28.9 Å². The van der Waals surface area contributed by atoms with E-state index in [1.165, 1.54) is 0 Å². The SMILES string of the molecule is Clc1ccc(CCCc2ncc[nH]2)c(Cl)c1. The first-order valence-corrected chi connectivity index (χ1v) is 5.93. The Hall–Kier alpha value is -0.990. The average Bonchev–Trinajstić information content (AvgIpc) is 2.74. The van der Waals surface area contributed by atoms with Gasteiger partial charge in [-0.05, 0) is 30.5 Å². The van der Waals surface area contributed by atoms with Crippen LogP contribution < -0.4 is 0 Å². The lowest BCUT2D eigenvalue weighted by atomic mass is 10.1. The van der Waals surface area contributed by atoms with Crippen LogP contribution in [0.3, 0.4) is 0 Å². The van der Waals surface area contributed by atoms with Gasteiger partial charge < -0.3 is 4.98 Å². The molecular formula is C12H12Cl2N2. The molecule has 0 amide bonds. The number of aromatic nitrogens is 2. The lowest BCUT2D eigenvalue weighted by Gasteiger charge is -2.03. The fourth-order valence-electron chi connectivity index (χ4n) is 1.61. The van der Waals surface area contributed by atoms with E-state index in [2.05, 4.69) is 9.97 Å². The maximum atomic E-state index is 6.08. The molecule has 1 heterocycles. The molecule has 0 radical (unpaired) electrons. The molecule has 0 fully saturated rings. The first-order valence-electron chi connectivity index (χ1n) is 5.18. The van der Waals surface area contributed by atoms with Gasteiger partial charge in [-0.3, -0.25) is 0 Å². The third-order valence-corrected chi connectivity index (χ3v) is 3.02. The molecule has 0 unspecified atom stereocenters. The van der Waals surface area contributed by atoms with Crippen LogP contribution in [0.2, 0.25) is 10.0 Å². The molecule has 2 aromatic rings. The summed E-state index contributed by atoms with van der Waals surface area (Å²) in [5.41, 5.74) is 1.14. The normalized spacial score (nSPS) is 10.6. The lowest BCUT2D eigenvalue weighted by Crippen LogP contribution is -1.92. The molecule has 16 heavy (non-hydrogen) atoms. The van der Waals surface area contributed by atoms with E-state index in [1.807, 2.05) is 18.3 Å². The van der Waals surface area contributed by atoms with Crippen LogP contribution in [0.1, 0.15) is 17.8 Å². The summed E-state index contributed by atoms with van der Waals surface area (Å²) in [5, 5.41) is 1.42. The van der Waals surface area contributed by atoms with Crippen molar-refractivity contribution in [3.63, 3.8) is 0 Å². The highest BCUT2D eigenvalue weighted by Gasteiger charge is 2.02. The van der Waals surface area contributed by atoms with Crippen LogP contribution in [0.5, 0.6) is 0 Å². The van der Waals surface area contributed by atoms with Gasteiger partial charge in [0.15, 0.2) is 0 Å². The summed E-state index contributed by atoms with van der Waals surface area (Å²) in [6.45, 7) is 0. The number of halogens is 2. The second-order valence-electron chi connectivity index (χ2n) is 3.63. The van der Waals surface area contributed by atoms with Crippen LogP contribution in [0.25, 0.3) is 0 Å². The van der Waals surface area contributed by atoms with Gasteiger partial charge in [-0.15, -0.1) is 0 Å². The topological polar surface area (TPSA) is 28.7 Å². The van der Waals surface area contributed by atoms with Crippen LogP contribution in [-0.4, -0.2) is 9.97 Å². The Morgan fingerprint density at radius 2 is 2.06 bits per heavy atom. The molecule has 4 heteroatoms. The van der Waals surface area contributed by atoms with Crippen molar-refractivity contribution in [1.29, 1.82) is 0 Å². The Labute approximate surface area is 105 Å². The summed E-state index contributed by atoms with van der Waals surface area (Å²) in [5.74, 6) is 1.02. The zero-order chi connectivity index (χ0) is 11.4. The summed E-state index contributed by atoms with van der Waals surface area (Å²) in [6.07, 6.45) is 6.51. The molecule has 0 aliphatic heterocycles. The third kappa shape index (κ3) is 3.00. The minimum atomic E-state index is 0.680. The van der Waals surface area contributed by atoms with Gasteiger partial charge >= 0.3 is 0 Å². The van der Waals surface area contributed by atoms with Gasteiger partial charge in [0.1, 0.15) is 5.82 Å². The van der Waals surface area contributed by atoms with Gasteiger partial charge in [-0.1, -0.05) is 29.3 Å². The number of benzene rings is 1. The Balaban J connectivity index is 1.90. The van der Waals surface area contributed by atoms with E-state index in [-0.39, 0.29) is 0 Å². The molecule has 0 saturated heterocycles. The van der Waals surface area contributed by atoms with Crippen molar-refractivity contribution in [3.8, 4) is 0 Å². The highest BCUT2D eigenvalue weighted by Crippen LogP contribution is 2.22. The fraction of sp³-hybridized carbons (Fsp3) is 0.250. The first kappa shape index (κ1) is 11.5. The molecule has 0 atom stereocenters. The summed E-state index contributed by atoms with van der Waals surface area (Å²) >= 11 is 11.9. The maximum Gasteiger partial charge on any atom is 0.106 e. The van der Waals surface area contributed by atoms with Crippen LogP contribution >= 0.6 is 23.2 Å². The summed E-state index contributed by atoms with van der Waals surface area (Å²) in [7, 11) is 0. The van der Waals surface area contributed by atoms with Crippen molar-refractivity contribution in [2.24, 2.45) is 0 Å². The zero-order valence-electron chi connectivity index (χ0n) is 8.71. The largest absolute Gasteiger partial charge is 0.349 e. The molecule has 84 valence electrons. The fourth-order valence-corrected chi connectivity index (χ4v) is 2.11. The van der Waals surface area contributed by atoms with E-state index in [0.29, 0.717) is 5.02 Å².